The molecule has 0 saturated carbocycles. The van der Waals surface area contributed by atoms with Crippen LogP contribution in [0.3, 0.4) is 0 Å². The molecule has 2 atom stereocenters. The Labute approximate surface area is 180 Å². The van der Waals surface area contributed by atoms with Gasteiger partial charge in [0.15, 0.2) is 0 Å². The fourth-order valence-electron chi connectivity index (χ4n) is 2.66. The van der Waals surface area contributed by atoms with Gasteiger partial charge in [-0.2, -0.15) is 0 Å². The average Bonchev–Trinajstić information content (AvgIpc) is 2.69. The normalized spacial score (nSPS) is 13.0. The Balaban J connectivity index is 1.81. The van der Waals surface area contributed by atoms with Gasteiger partial charge in [0.2, 0.25) is 0 Å². The summed E-state index contributed by atoms with van der Waals surface area (Å²) in [5.41, 5.74) is 2.65. The predicted octanol–water partition coefficient (Wildman–Crippen LogP) is 5.18. The summed E-state index contributed by atoms with van der Waals surface area (Å²) < 4.78 is 26.0. The van der Waals surface area contributed by atoms with Crippen LogP contribution < -0.4 is 5.32 Å². The third-order valence-electron chi connectivity index (χ3n) is 4.10. The number of nitrogens with zero attached hydrogens (tertiary/aromatic N) is 1. The number of anilines is 1. The first-order chi connectivity index (χ1) is 13.8. The van der Waals surface area contributed by atoms with Gasteiger partial charge in [0.1, 0.15) is 0 Å². The average molecular weight is 450 g/mol. The number of amides is 1. The van der Waals surface area contributed by atoms with Crippen LogP contribution in [0.25, 0.3) is 11.3 Å². The highest BCUT2D eigenvalue weighted by molar-refractivity contribution is 7.74. The highest BCUT2D eigenvalue weighted by atomic mass is 35.5. The highest BCUT2D eigenvalue weighted by Gasteiger charge is 2.15. The first-order valence-electron chi connectivity index (χ1n) is 8.43. The molecule has 0 saturated heterocycles. The molecule has 0 fully saturated rings. The van der Waals surface area contributed by atoms with E-state index in [0.29, 0.717) is 27.5 Å². The van der Waals surface area contributed by atoms with Crippen molar-refractivity contribution in [2.24, 2.45) is 0 Å². The number of benzene rings is 2. The lowest BCUT2D eigenvalue weighted by molar-refractivity contribution is 0.102. The molecule has 1 amide bonds. The van der Waals surface area contributed by atoms with Gasteiger partial charge in [0.05, 0.1) is 38.8 Å². The van der Waals surface area contributed by atoms with Crippen LogP contribution in [0.1, 0.15) is 28.9 Å². The first-order valence-corrected chi connectivity index (χ1v) is 10.2. The van der Waals surface area contributed by atoms with Gasteiger partial charge in [-0.1, -0.05) is 35.3 Å². The topological polar surface area (TPSA) is 91.4 Å². The maximum Gasteiger partial charge on any atom is 0.257 e. The summed E-state index contributed by atoms with van der Waals surface area (Å²) in [4.78, 5) is 16.9. The monoisotopic (exact) mass is 449 g/mol. The van der Waals surface area contributed by atoms with E-state index >= 15 is 0 Å². The summed E-state index contributed by atoms with van der Waals surface area (Å²) >= 11 is 9.83. The van der Waals surface area contributed by atoms with E-state index in [9.17, 15) is 13.6 Å². The van der Waals surface area contributed by atoms with E-state index in [2.05, 4.69) is 10.3 Å². The number of nitrogens with one attached hydrogen (secondary N) is 1. The van der Waals surface area contributed by atoms with Crippen molar-refractivity contribution in [3.05, 3.63) is 82.0 Å². The summed E-state index contributed by atoms with van der Waals surface area (Å²) in [6.45, 7) is 1.56. The molecule has 29 heavy (non-hydrogen) atoms. The Morgan fingerprint density at radius 3 is 2.59 bits per heavy atom. The van der Waals surface area contributed by atoms with Crippen LogP contribution in [0.2, 0.25) is 10.0 Å². The molecule has 150 valence electrons. The van der Waals surface area contributed by atoms with Crippen LogP contribution >= 0.6 is 23.2 Å². The van der Waals surface area contributed by atoms with Gasteiger partial charge in [-0.3, -0.25) is 14.0 Å². The van der Waals surface area contributed by atoms with Crippen LogP contribution in [0, 0.1) is 0 Å². The van der Waals surface area contributed by atoms with E-state index in [1.165, 1.54) is 12.1 Å². The molecule has 9 heteroatoms. The molecule has 3 aromatic rings. The van der Waals surface area contributed by atoms with Gasteiger partial charge in [-0.25, -0.2) is 4.21 Å². The zero-order chi connectivity index (χ0) is 21.0. The molecule has 1 N–H and O–H groups in total. The quantitative estimate of drug-likeness (QED) is 0.523. The van der Waals surface area contributed by atoms with Crippen molar-refractivity contribution in [3.63, 3.8) is 0 Å². The van der Waals surface area contributed by atoms with Crippen molar-refractivity contribution >= 4 is 46.2 Å². The Morgan fingerprint density at radius 2 is 1.93 bits per heavy atom. The van der Waals surface area contributed by atoms with Gasteiger partial charge in [0, 0.05) is 17.4 Å². The SMILES string of the molecule is CC(OS(=O)[O-])c1ccc(C(=O)Nc2ccc(Cl)c(-c3ccccn3)c2)c(Cl)c1. The fraction of sp³-hybridized carbons (Fsp3) is 0.100. The van der Waals surface area contributed by atoms with Crippen molar-refractivity contribution in [2.45, 2.75) is 13.0 Å². The highest BCUT2D eigenvalue weighted by Crippen LogP contribution is 2.30. The number of carbonyl (C=O) groups excluding carboxylic acids is 1. The number of carbonyl (C=O) groups is 1. The second-order valence-corrected chi connectivity index (χ2v) is 7.46. The Hall–Kier alpha value is -2.29. The predicted molar refractivity (Wildman–Crippen MR) is 113 cm³/mol. The lowest BCUT2D eigenvalue weighted by atomic mass is 10.1. The molecule has 1 aromatic heterocycles. The summed E-state index contributed by atoms with van der Waals surface area (Å²) in [7, 11) is 0. The molecule has 1 heterocycles. The molecular formula is C20H15Cl2N2O4S-. The number of pyridine rings is 1. The van der Waals surface area contributed by atoms with Crippen LogP contribution in [0.5, 0.6) is 0 Å². The van der Waals surface area contributed by atoms with Gasteiger partial charge in [0.25, 0.3) is 5.91 Å². The molecule has 0 spiro atoms. The zero-order valence-electron chi connectivity index (χ0n) is 15.1. The number of aromatic nitrogens is 1. The van der Waals surface area contributed by atoms with E-state index in [-0.39, 0.29) is 10.6 Å². The molecular weight excluding hydrogens is 435 g/mol. The number of rotatable bonds is 6. The zero-order valence-corrected chi connectivity index (χ0v) is 17.4. The summed E-state index contributed by atoms with van der Waals surface area (Å²) in [5, 5.41) is 3.46. The molecule has 2 unspecified atom stereocenters. The van der Waals surface area contributed by atoms with Crippen molar-refractivity contribution in [1.29, 1.82) is 0 Å². The molecule has 0 aliphatic rings. The summed E-state index contributed by atoms with van der Waals surface area (Å²) in [6, 6.07) is 15.1. The third-order valence-corrected chi connectivity index (χ3v) is 5.18. The Kier molecular flexibility index (Phi) is 7.00. The maximum absolute atomic E-state index is 12.7. The molecule has 0 bridgehead atoms. The van der Waals surface area contributed by atoms with Crippen molar-refractivity contribution in [2.75, 3.05) is 5.32 Å². The molecule has 2 aromatic carbocycles. The molecule has 0 aliphatic heterocycles. The van der Waals surface area contributed by atoms with Gasteiger partial charge in [-0.05, 0) is 55.0 Å². The van der Waals surface area contributed by atoms with Gasteiger partial charge in [-0.15, -0.1) is 0 Å². The van der Waals surface area contributed by atoms with Gasteiger partial charge >= 0.3 is 0 Å². The second kappa shape index (κ2) is 9.47. The lowest BCUT2D eigenvalue weighted by Gasteiger charge is -2.15. The van der Waals surface area contributed by atoms with Crippen molar-refractivity contribution in [1.82, 2.24) is 4.98 Å². The number of hydrogen-bond acceptors (Lipinski definition) is 5. The molecule has 0 radical (unpaired) electrons. The first kappa shape index (κ1) is 21.4. The van der Waals surface area contributed by atoms with E-state index < -0.39 is 23.4 Å². The fourth-order valence-corrected chi connectivity index (χ4v) is 3.50. The lowest BCUT2D eigenvalue weighted by Crippen LogP contribution is -2.13. The third kappa shape index (κ3) is 5.41. The minimum Gasteiger partial charge on any atom is -0.750 e. The maximum atomic E-state index is 12.7. The van der Waals surface area contributed by atoms with Crippen molar-refractivity contribution in [3.8, 4) is 11.3 Å². The van der Waals surface area contributed by atoms with E-state index in [1.807, 2.05) is 12.1 Å². The van der Waals surface area contributed by atoms with E-state index in [0.717, 1.165) is 0 Å². The smallest absolute Gasteiger partial charge is 0.257 e. The summed E-state index contributed by atoms with van der Waals surface area (Å²) in [5.74, 6) is -0.420. The van der Waals surface area contributed by atoms with E-state index in [1.54, 1.807) is 43.5 Å². The van der Waals surface area contributed by atoms with Gasteiger partial charge < -0.3 is 9.87 Å². The van der Waals surface area contributed by atoms with Crippen LogP contribution in [-0.4, -0.2) is 19.7 Å². The minimum absolute atomic E-state index is 0.172. The largest absolute Gasteiger partial charge is 0.750 e. The number of hydrogen-bond donors (Lipinski definition) is 1. The molecule has 0 aliphatic carbocycles. The van der Waals surface area contributed by atoms with Crippen molar-refractivity contribution < 1.29 is 17.7 Å². The Morgan fingerprint density at radius 1 is 1.14 bits per heavy atom. The second-order valence-electron chi connectivity index (χ2n) is 6.05. The van der Waals surface area contributed by atoms with Crippen LogP contribution in [-0.2, 0) is 15.5 Å². The van der Waals surface area contributed by atoms with Crippen LogP contribution in [0.15, 0.2) is 60.8 Å². The molecule has 6 nitrogen and oxygen atoms in total. The molecule has 3 rings (SSSR count). The number of halogens is 2. The van der Waals surface area contributed by atoms with E-state index in [4.69, 9.17) is 27.4 Å². The summed E-state index contributed by atoms with van der Waals surface area (Å²) in [6.07, 6.45) is 0.936. The van der Waals surface area contributed by atoms with Crippen LogP contribution in [0.4, 0.5) is 5.69 Å². The minimum atomic E-state index is -2.65. The standard InChI is InChI=1S/C20H16Cl2N2O4S/c1-12(28-29(26)27)13-5-7-15(18(22)10-13)20(25)24-14-6-8-17(21)16(11-14)19-4-2-3-9-23-19/h2-12H,1H3,(H,24,25)(H,26,27)/p-1. The Bertz CT molecular complexity index is 1060.